The van der Waals surface area contributed by atoms with E-state index in [1.807, 2.05) is 6.07 Å². The van der Waals surface area contributed by atoms with Gasteiger partial charge in [0.2, 0.25) is 10.0 Å². The number of hydrogen-bond donors (Lipinski definition) is 1. The second kappa shape index (κ2) is 9.91. The molecule has 0 atom stereocenters. The fraction of sp³-hybridized carbons (Fsp3) is 0.0909. The van der Waals surface area contributed by atoms with Crippen molar-refractivity contribution in [2.45, 2.75) is 11.4 Å². The molecule has 0 fully saturated rings. The van der Waals surface area contributed by atoms with Gasteiger partial charge in [-0.3, -0.25) is 4.79 Å². The van der Waals surface area contributed by atoms with E-state index in [1.54, 1.807) is 54.6 Å². The minimum Gasteiger partial charge on any atom is -0.272 e. The number of halogens is 1. The Hall–Kier alpha value is -3.36. The van der Waals surface area contributed by atoms with E-state index in [4.69, 9.17) is 0 Å². The van der Waals surface area contributed by atoms with E-state index in [0.717, 1.165) is 9.87 Å². The molecule has 0 unspecified atom stereocenters. The Morgan fingerprint density at radius 3 is 2.20 bits per heavy atom. The maximum absolute atomic E-state index is 13.6. The molecule has 1 amide bonds. The standard InChI is InChI=1S/C22H20FN3O3S/c23-21-14-8-7-11-19(21)15-24-25-22(27)17-26(16-18-9-3-1-4-10-18)30(28,29)20-12-5-2-6-13-20/h1-15H,16-17H2,(H,25,27)/b24-15+. The van der Waals surface area contributed by atoms with E-state index in [2.05, 4.69) is 10.5 Å². The van der Waals surface area contributed by atoms with Crippen molar-refractivity contribution in [2.24, 2.45) is 5.10 Å². The molecule has 3 aromatic rings. The Balaban J connectivity index is 1.76. The van der Waals surface area contributed by atoms with Gasteiger partial charge >= 0.3 is 0 Å². The summed E-state index contributed by atoms with van der Waals surface area (Å²) in [4.78, 5) is 12.5. The number of carbonyl (C=O) groups is 1. The van der Waals surface area contributed by atoms with Crippen molar-refractivity contribution < 1.29 is 17.6 Å². The fourth-order valence-electron chi connectivity index (χ4n) is 2.70. The highest BCUT2D eigenvalue weighted by molar-refractivity contribution is 7.89. The van der Waals surface area contributed by atoms with Gasteiger partial charge in [0.05, 0.1) is 17.7 Å². The van der Waals surface area contributed by atoms with Gasteiger partial charge in [-0.05, 0) is 23.8 Å². The SMILES string of the molecule is O=C(CN(Cc1ccccc1)S(=O)(=O)c1ccccc1)N/N=C/c1ccccc1F. The Labute approximate surface area is 174 Å². The van der Waals surface area contributed by atoms with Crippen LogP contribution in [0.5, 0.6) is 0 Å². The molecular formula is C22H20FN3O3S. The lowest BCUT2D eigenvalue weighted by Gasteiger charge is -2.21. The number of hydrazone groups is 1. The summed E-state index contributed by atoms with van der Waals surface area (Å²) in [6, 6.07) is 22.8. The Morgan fingerprint density at radius 1 is 0.933 bits per heavy atom. The van der Waals surface area contributed by atoms with Gasteiger partial charge in [-0.25, -0.2) is 18.2 Å². The third-order valence-corrected chi connectivity index (χ3v) is 6.01. The summed E-state index contributed by atoms with van der Waals surface area (Å²) in [6.45, 7) is -0.427. The van der Waals surface area contributed by atoms with Crippen LogP contribution < -0.4 is 5.43 Å². The molecule has 0 aromatic heterocycles. The molecule has 3 aromatic carbocycles. The van der Waals surface area contributed by atoms with Crippen LogP contribution in [0.25, 0.3) is 0 Å². The number of amides is 1. The maximum Gasteiger partial charge on any atom is 0.255 e. The molecule has 6 nitrogen and oxygen atoms in total. The van der Waals surface area contributed by atoms with E-state index in [1.165, 1.54) is 30.5 Å². The number of nitrogens with one attached hydrogen (secondary N) is 1. The molecule has 30 heavy (non-hydrogen) atoms. The average molecular weight is 425 g/mol. The van der Waals surface area contributed by atoms with Crippen LogP contribution >= 0.6 is 0 Å². The average Bonchev–Trinajstić information content (AvgIpc) is 2.76. The topological polar surface area (TPSA) is 78.8 Å². The Morgan fingerprint density at radius 2 is 1.53 bits per heavy atom. The summed E-state index contributed by atoms with van der Waals surface area (Å²) in [7, 11) is -3.92. The summed E-state index contributed by atoms with van der Waals surface area (Å²) < 4.78 is 40.8. The molecule has 0 saturated carbocycles. The molecule has 1 N–H and O–H groups in total. The highest BCUT2D eigenvalue weighted by Gasteiger charge is 2.26. The van der Waals surface area contributed by atoms with Crippen LogP contribution in [0.15, 0.2) is 94.9 Å². The molecule has 3 rings (SSSR count). The Kier molecular flexibility index (Phi) is 7.05. The van der Waals surface area contributed by atoms with E-state index in [9.17, 15) is 17.6 Å². The first kappa shape index (κ1) is 21.4. The molecule has 0 radical (unpaired) electrons. The molecule has 0 aliphatic rings. The first-order valence-electron chi connectivity index (χ1n) is 9.12. The van der Waals surface area contributed by atoms with Gasteiger partial charge in [0, 0.05) is 12.1 Å². The van der Waals surface area contributed by atoms with Crippen molar-refractivity contribution in [2.75, 3.05) is 6.54 Å². The lowest BCUT2D eigenvalue weighted by molar-refractivity contribution is -0.121. The molecule has 0 aliphatic heterocycles. The minimum absolute atomic E-state index is 0.0164. The van der Waals surface area contributed by atoms with E-state index in [-0.39, 0.29) is 17.0 Å². The largest absolute Gasteiger partial charge is 0.272 e. The molecule has 0 saturated heterocycles. The molecular weight excluding hydrogens is 405 g/mol. The van der Waals surface area contributed by atoms with E-state index < -0.39 is 28.3 Å². The number of hydrogen-bond acceptors (Lipinski definition) is 4. The van der Waals surface area contributed by atoms with E-state index in [0.29, 0.717) is 0 Å². The third kappa shape index (κ3) is 5.59. The summed E-state index contributed by atoms with van der Waals surface area (Å²) >= 11 is 0. The van der Waals surface area contributed by atoms with Crippen molar-refractivity contribution >= 4 is 22.1 Å². The van der Waals surface area contributed by atoms with E-state index >= 15 is 0 Å². The number of nitrogens with zero attached hydrogens (tertiary/aromatic N) is 2. The second-order valence-corrected chi connectivity index (χ2v) is 8.32. The molecule has 8 heteroatoms. The number of rotatable bonds is 8. The lowest BCUT2D eigenvalue weighted by Crippen LogP contribution is -2.39. The lowest BCUT2D eigenvalue weighted by atomic mass is 10.2. The summed E-state index contributed by atoms with van der Waals surface area (Å²) in [6.07, 6.45) is 1.17. The van der Waals surface area contributed by atoms with Crippen molar-refractivity contribution in [1.29, 1.82) is 0 Å². The normalized spacial score (nSPS) is 11.7. The summed E-state index contributed by atoms with van der Waals surface area (Å²) in [5.74, 6) is -1.12. The van der Waals surface area contributed by atoms with Crippen LogP contribution in [-0.2, 0) is 21.4 Å². The fourth-order valence-corrected chi connectivity index (χ4v) is 4.11. The molecule has 0 spiro atoms. The van der Waals surface area contributed by atoms with Gasteiger partial charge in [0.25, 0.3) is 5.91 Å². The van der Waals surface area contributed by atoms with Gasteiger partial charge < -0.3 is 0 Å². The highest BCUT2D eigenvalue weighted by Crippen LogP contribution is 2.18. The van der Waals surface area contributed by atoms with Crippen molar-refractivity contribution in [3.05, 3.63) is 102 Å². The zero-order chi connectivity index (χ0) is 21.4. The van der Waals surface area contributed by atoms with Crippen molar-refractivity contribution in [1.82, 2.24) is 9.73 Å². The maximum atomic E-state index is 13.6. The second-order valence-electron chi connectivity index (χ2n) is 6.39. The van der Waals surface area contributed by atoms with Crippen LogP contribution in [0.3, 0.4) is 0 Å². The third-order valence-electron chi connectivity index (χ3n) is 4.20. The van der Waals surface area contributed by atoms with Crippen LogP contribution in [0.4, 0.5) is 4.39 Å². The van der Waals surface area contributed by atoms with Gasteiger partial charge in [-0.2, -0.15) is 9.41 Å². The zero-order valence-electron chi connectivity index (χ0n) is 16.0. The van der Waals surface area contributed by atoms with Gasteiger partial charge in [0.1, 0.15) is 5.82 Å². The molecule has 154 valence electrons. The van der Waals surface area contributed by atoms with Gasteiger partial charge in [0.15, 0.2) is 0 Å². The number of sulfonamides is 1. The van der Waals surface area contributed by atoms with Crippen LogP contribution in [-0.4, -0.2) is 31.4 Å². The molecule has 0 heterocycles. The monoisotopic (exact) mass is 425 g/mol. The number of benzene rings is 3. The first-order valence-corrected chi connectivity index (χ1v) is 10.6. The predicted octanol–water partition coefficient (Wildman–Crippen LogP) is 3.17. The Bertz CT molecular complexity index is 1120. The molecule has 0 bridgehead atoms. The van der Waals surface area contributed by atoms with Crippen molar-refractivity contribution in [3.8, 4) is 0 Å². The smallest absolute Gasteiger partial charge is 0.255 e. The summed E-state index contributed by atoms with van der Waals surface area (Å²) in [5.41, 5.74) is 3.20. The van der Waals surface area contributed by atoms with Crippen LogP contribution in [0, 0.1) is 5.82 Å². The quantitative estimate of drug-likeness (QED) is 0.445. The van der Waals surface area contributed by atoms with Gasteiger partial charge in [-0.15, -0.1) is 0 Å². The summed E-state index contributed by atoms with van der Waals surface area (Å²) in [5, 5.41) is 3.73. The van der Waals surface area contributed by atoms with Crippen molar-refractivity contribution in [3.63, 3.8) is 0 Å². The molecule has 0 aliphatic carbocycles. The van der Waals surface area contributed by atoms with Crippen LogP contribution in [0.2, 0.25) is 0 Å². The predicted molar refractivity (Wildman–Crippen MR) is 113 cm³/mol. The minimum atomic E-state index is -3.92. The van der Waals surface area contributed by atoms with Gasteiger partial charge in [-0.1, -0.05) is 66.7 Å². The number of carbonyl (C=O) groups excluding carboxylic acids is 1. The highest BCUT2D eigenvalue weighted by atomic mass is 32.2. The first-order chi connectivity index (χ1) is 14.5. The van der Waals surface area contributed by atoms with Crippen LogP contribution in [0.1, 0.15) is 11.1 Å². The zero-order valence-corrected chi connectivity index (χ0v) is 16.8.